The largest absolute Gasteiger partial charge is 0.492 e. The Kier molecular flexibility index (Phi) is 6.11. The average Bonchev–Trinajstić information content (AvgIpc) is 2.59. The summed E-state index contributed by atoms with van der Waals surface area (Å²) < 4.78 is 45.6. The summed E-state index contributed by atoms with van der Waals surface area (Å²) in [6, 6.07) is 9.97. The first-order valence-electron chi connectivity index (χ1n) is 7.57. The zero-order valence-electron chi connectivity index (χ0n) is 13.5. The first-order valence-corrected chi connectivity index (χ1v) is 9.06. The van der Waals surface area contributed by atoms with E-state index < -0.39 is 26.7 Å². The van der Waals surface area contributed by atoms with Gasteiger partial charge in [-0.3, -0.25) is 0 Å². The fourth-order valence-corrected chi connectivity index (χ4v) is 3.20. The van der Waals surface area contributed by atoms with E-state index in [9.17, 15) is 17.6 Å². The smallest absolute Gasteiger partial charge is 0.335 e. The second kappa shape index (κ2) is 8.09. The molecule has 25 heavy (non-hydrogen) atoms. The van der Waals surface area contributed by atoms with E-state index in [1.807, 2.05) is 19.1 Å². The van der Waals surface area contributed by atoms with Gasteiger partial charge in [-0.15, -0.1) is 0 Å². The normalized spacial score (nSPS) is 11.3. The molecular weight excluding hydrogens is 349 g/mol. The summed E-state index contributed by atoms with van der Waals surface area (Å²) in [7, 11) is -4.18. The van der Waals surface area contributed by atoms with Crippen LogP contribution in [0.1, 0.15) is 22.8 Å². The summed E-state index contributed by atoms with van der Waals surface area (Å²) in [5.74, 6) is -1.76. The molecule has 0 unspecified atom stereocenters. The predicted octanol–water partition coefficient (Wildman–Crippen LogP) is 2.44. The fourth-order valence-electron chi connectivity index (χ4n) is 2.09. The van der Waals surface area contributed by atoms with E-state index in [1.54, 1.807) is 12.1 Å². The number of carbonyl (C=O) groups is 1. The van der Waals surface area contributed by atoms with E-state index >= 15 is 0 Å². The molecule has 0 aliphatic rings. The topological polar surface area (TPSA) is 92.7 Å². The molecule has 0 aromatic heterocycles. The van der Waals surface area contributed by atoms with Gasteiger partial charge in [0, 0.05) is 6.54 Å². The summed E-state index contributed by atoms with van der Waals surface area (Å²) in [5.41, 5.74) is 0.843. The number of nitrogens with one attached hydrogen (secondary N) is 1. The van der Waals surface area contributed by atoms with E-state index in [-0.39, 0.29) is 18.7 Å². The van der Waals surface area contributed by atoms with Gasteiger partial charge in [0.05, 0.1) is 5.56 Å². The number of carboxylic acids is 1. The highest BCUT2D eigenvalue weighted by molar-refractivity contribution is 7.89. The maximum absolute atomic E-state index is 13.7. The van der Waals surface area contributed by atoms with Crippen molar-refractivity contribution in [3.8, 4) is 5.75 Å². The van der Waals surface area contributed by atoms with Crippen LogP contribution in [0.2, 0.25) is 0 Å². The summed E-state index contributed by atoms with van der Waals surface area (Å²) in [6.45, 7) is 1.99. The van der Waals surface area contributed by atoms with Gasteiger partial charge in [0.2, 0.25) is 10.0 Å². The Morgan fingerprint density at radius 2 is 1.88 bits per heavy atom. The Labute approximate surface area is 145 Å². The van der Waals surface area contributed by atoms with Crippen molar-refractivity contribution >= 4 is 16.0 Å². The number of aromatic carboxylic acids is 1. The van der Waals surface area contributed by atoms with Crippen LogP contribution in [0.5, 0.6) is 5.75 Å². The van der Waals surface area contributed by atoms with Gasteiger partial charge < -0.3 is 9.84 Å². The molecule has 8 heteroatoms. The van der Waals surface area contributed by atoms with E-state index in [1.165, 1.54) is 0 Å². The maximum atomic E-state index is 13.7. The fraction of sp³-hybridized carbons (Fsp3) is 0.235. The van der Waals surface area contributed by atoms with E-state index in [4.69, 9.17) is 9.84 Å². The molecule has 0 aliphatic heterocycles. The molecule has 2 N–H and O–H groups in total. The molecule has 0 spiro atoms. The lowest BCUT2D eigenvalue weighted by atomic mass is 10.2. The molecule has 0 atom stereocenters. The summed E-state index contributed by atoms with van der Waals surface area (Å²) in [4.78, 5) is 10.2. The van der Waals surface area contributed by atoms with Crippen molar-refractivity contribution in [1.82, 2.24) is 4.72 Å². The van der Waals surface area contributed by atoms with E-state index in [0.29, 0.717) is 5.75 Å². The summed E-state index contributed by atoms with van der Waals surface area (Å²) >= 11 is 0. The number of hydrogen-bond acceptors (Lipinski definition) is 4. The van der Waals surface area contributed by atoms with Gasteiger partial charge in [-0.1, -0.05) is 19.1 Å². The van der Waals surface area contributed by atoms with Crippen LogP contribution in [-0.4, -0.2) is 32.6 Å². The Morgan fingerprint density at radius 1 is 1.20 bits per heavy atom. The lowest BCUT2D eigenvalue weighted by Gasteiger charge is -2.10. The van der Waals surface area contributed by atoms with Crippen molar-refractivity contribution < 1.29 is 27.4 Å². The Balaban J connectivity index is 1.97. The van der Waals surface area contributed by atoms with Crippen molar-refractivity contribution in [3.63, 3.8) is 0 Å². The molecular formula is C17H18FNO5S. The second-order valence-electron chi connectivity index (χ2n) is 5.19. The van der Waals surface area contributed by atoms with Crippen LogP contribution in [-0.2, 0) is 16.4 Å². The number of aryl methyl sites for hydroxylation is 1. The monoisotopic (exact) mass is 367 g/mol. The van der Waals surface area contributed by atoms with Crippen LogP contribution in [0.3, 0.4) is 0 Å². The lowest BCUT2D eigenvalue weighted by Crippen LogP contribution is -2.29. The van der Waals surface area contributed by atoms with Gasteiger partial charge in [0.25, 0.3) is 0 Å². The molecule has 0 saturated heterocycles. The van der Waals surface area contributed by atoms with E-state index in [2.05, 4.69) is 4.72 Å². The number of hydrogen-bond donors (Lipinski definition) is 2. The molecule has 2 rings (SSSR count). The standard InChI is InChI=1S/C17H18FNO5S/c1-2-12-3-6-14(7-4-12)24-10-9-19-25(22,23)16-11-13(17(20)21)5-8-15(16)18/h3-8,11,19H,2,9-10H2,1H3,(H,20,21). The molecule has 2 aromatic rings. The van der Waals surface area contributed by atoms with Gasteiger partial charge >= 0.3 is 5.97 Å². The SMILES string of the molecule is CCc1ccc(OCCNS(=O)(=O)c2cc(C(=O)O)ccc2F)cc1. The highest BCUT2D eigenvalue weighted by Gasteiger charge is 2.20. The second-order valence-corrected chi connectivity index (χ2v) is 6.93. The third-order valence-corrected chi connectivity index (χ3v) is 4.94. The zero-order valence-corrected chi connectivity index (χ0v) is 14.3. The number of rotatable bonds is 8. The molecule has 6 nitrogen and oxygen atoms in total. The lowest BCUT2D eigenvalue weighted by molar-refractivity contribution is 0.0696. The minimum absolute atomic E-state index is 0.0466. The van der Waals surface area contributed by atoms with Gasteiger partial charge in [0.15, 0.2) is 0 Å². The van der Waals surface area contributed by atoms with Gasteiger partial charge in [-0.25, -0.2) is 22.3 Å². The predicted molar refractivity (Wildman–Crippen MR) is 89.9 cm³/mol. The van der Waals surface area contributed by atoms with Crippen LogP contribution >= 0.6 is 0 Å². The number of ether oxygens (including phenoxy) is 1. The molecule has 0 bridgehead atoms. The molecule has 134 valence electrons. The molecule has 2 aromatic carbocycles. The number of sulfonamides is 1. The van der Waals surface area contributed by atoms with Gasteiger partial charge in [-0.2, -0.15) is 0 Å². The van der Waals surface area contributed by atoms with Crippen LogP contribution in [0.15, 0.2) is 47.4 Å². The first-order chi connectivity index (χ1) is 11.8. The molecule has 0 saturated carbocycles. The minimum Gasteiger partial charge on any atom is -0.492 e. The van der Waals surface area contributed by atoms with Gasteiger partial charge in [0.1, 0.15) is 23.1 Å². The zero-order chi connectivity index (χ0) is 18.4. The number of benzene rings is 2. The van der Waals surface area contributed by atoms with Crippen molar-refractivity contribution in [3.05, 3.63) is 59.4 Å². The molecule has 0 fully saturated rings. The molecule has 0 amide bonds. The van der Waals surface area contributed by atoms with Crippen LogP contribution in [0.4, 0.5) is 4.39 Å². The van der Waals surface area contributed by atoms with Crippen molar-refractivity contribution in [2.75, 3.05) is 13.2 Å². The Morgan fingerprint density at radius 3 is 2.48 bits per heavy atom. The van der Waals surface area contributed by atoms with Crippen molar-refractivity contribution in [1.29, 1.82) is 0 Å². The molecule has 0 radical (unpaired) electrons. The number of carboxylic acid groups (broad SMARTS) is 1. The Bertz CT molecular complexity index is 850. The van der Waals surface area contributed by atoms with Crippen LogP contribution in [0, 0.1) is 5.82 Å². The van der Waals surface area contributed by atoms with Crippen LogP contribution < -0.4 is 9.46 Å². The van der Waals surface area contributed by atoms with Gasteiger partial charge in [-0.05, 0) is 42.3 Å². The van der Waals surface area contributed by atoms with Crippen molar-refractivity contribution in [2.45, 2.75) is 18.2 Å². The quantitative estimate of drug-likeness (QED) is 0.699. The third kappa shape index (κ3) is 5.01. The summed E-state index contributed by atoms with van der Waals surface area (Å²) in [5, 5.41) is 8.89. The highest BCUT2D eigenvalue weighted by Crippen LogP contribution is 2.16. The molecule has 0 heterocycles. The highest BCUT2D eigenvalue weighted by atomic mass is 32.2. The maximum Gasteiger partial charge on any atom is 0.335 e. The first kappa shape index (κ1) is 18.9. The Hall–Kier alpha value is -2.45. The third-order valence-electron chi connectivity index (χ3n) is 3.46. The van der Waals surface area contributed by atoms with Crippen molar-refractivity contribution in [2.24, 2.45) is 0 Å². The van der Waals surface area contributed by atoms with E-state index in [0.717, 1.165) is 30.2 Å². The molecule has 0 aliphatic carbocycles. The minimum atomic E-state index is -4.18. The van der Waals surface area contributed by atoms with Crippen LogP contribution in [0.25, 0.3) is 0 Å². The number of halogens is 1. The average molecular weight is 367 g/mol. The summed E-state index contributed by atoms with van der Waals surface area (Å²) in [6.07, 6.45) is 0.904.